The first-order chi connectivity index (χ1) is 20.7. The number of rotatable bonds is 12. The number of halogens is 2. The summed E-state index contributed by atoms with van der Waals surface area (Å²) < 4.78 is 10.7. The number of benzene rings is 3. The number of hydrogen-bond acceptors (Lipinski definition) is 7. The van der Waals surface area contributed by atoms with E-state index in [9.17, 15) is 9.90 Å². The van der Waals surface area contributed by atoms with E-state index in [2.05, 4.69) is 10.1 Å². The van der Waals surface area contributed by atoms with Crippen molar-refractivity contribution >= 4 is 34.8 Å². The van der Waals surface area contributed by atoms with Crippen LogP contribution < -0.4 is 9.47 Å². The van der Waals surface area contributed by atoms with Crippen molar-refractivity contribution in [1.29, 1.82) is 0 Å². The highest BCUT2D eigenvalue weighted by Gasteiger charge is 2.34. The Balaban J connectivity index is 1.53. The Hall–Kier alpha value is -3.30. The average Bonchev–Trinajstić information content (AvgIpc) is 3.03. The van der Waals surface area contributed by atoms with Crippen LogP contribution in [-0.4, -0.2) is 81.1 Å². The molecule has 1 saturated heterocycles. The second-order valence-corrected chi connectivity index (χ2v) is 11.6. The van der Waals surface area contributed by atoms with Gasteiger partial charge in [-0.15, -0.1) is 0 Å². The molecule has 0 aromatic heterocycles. The lowest BCUT2D eigenvalue weighted by molar-refractivity contribution is -0.0261. The molecular weight excluding hydrogens is 589 g/mol. The van der Waals surface area contributed by atoms with Crippen molar-refractivity contribution in [2.45, 2.75) is 30.8 Å². The fourth-order valence-electron chi connectivity index (χ4n) is 5.54. The quantitative estimate of drug-likeness (QED) is 0.189. The zero-order chi connectivity index (χ0) is 31.0. The van der Waals surface area contributed by atoms with E-state index in [-0.39, 0.29) is 18.4 Å². The fourth-order valence-corrected chi connectivity index (χ4v) is 5.84. The SMILES string of the molecule is CO/N=C(\CN(C)C(=O)c1cc(OC)cc(OC)c1)C(CCN1CCC(O)(c2ccccc2)CC1)c1ccc(Cl)c(Cl)c1. The summed E-state index contributed by atoms with van der Waals surface area (Å²) in [6.07, 6.45) is 1.99. The molecule has 4 rings (SSSR count). The fraction of sp³-hybridized carbons (Fsp3) is 0.394. The summed E-state index contributed by atoms with van der Waals surface area (Å²) in [7, 11) is 6.31. The number of hydrogen-bond donors (Lipinski definition) is 1. The van der Waals surface area contributed by atoms with Gasteiger partial charge in [0.15, 0.2) is 0 Å². The Morgan fingerprint density at radius 1 is 0.977 bits per heavy atom. The summed E-state index contributed by atoms with van der Waals surface area (Å²) in [6, 6.07) is 20.5. The predicted octanol–water partition coefficient (Wildman–Crippen LogP) is 6.24. The molecule has 1 N–H and O–H groups in total. The number of methoxy groups -OCH3 is 2. The van der Waals surface area contributed by atoms with Gasteiger partial charge in [0.25, 0.3) is 5.91 Å². The Labute approximate surface area is 263 Å². The van der Waals surface area contributed by atoms with E-state index in [1.807, 2.05) is 42.5 Å². The van der Waals surface area contributed by atoms with Gasteiger partial charge in [-0.25, -0.2) is 0 Å². The van der Waals surface area contributed by atoms with Crippen LogP contribution in [0.2, 0.25) is 10.0 Å². The normalized spacial score (nSPS) is 15.9. The first-order valence-electron chi connectivity index (χ1n) is 14.2. The second kappa shape index (κ2) is 14.9. The average molecular weight is 629 g/mol. The largest absolute Gasteiger partial charge is 0.497 e. The molecule has 10 heteroatoms. The highest BCUT2D eigenvalue weighted by atomic mass is 35.5. The van der Waals surface area contributed by atoms with Crippen LogP contribution in [0.4, 0.5) is 0 Å². The molecule has 0 saturated carbocycles. The molecule has 3 aromatic rings. The molecule has 3 aromatic carbocycles. The van der Waals surface area contributed by atoms with Crippen LogP contribution in [-0.2, 0) is 10.4 Å². The highest BCUT2D eigenvalue weighted by molar-refractivity contribution is 6.42. The summed E-state index contributed by atoms with van der Waals surface area (Å²) >= 11 is 12.7. The number of nitrogens with zero attached hydrogens (tertiary/aromatic N) is 3. The maximum atomic E-state index is 13.5. The highest BCUT2D eigenvalue weighted by Crippen LogP contribution is 2.34. The van der Waals surface area contributed by atoms with Crippen molar-refractivity contribution < 1.29 is 24.2 Å². The van der Waals surface area contributed by atoms with Gasteiger partial charge >= 0.3 is 0 Å². The number of likely N-dealkylation sites (tertiary alicyclic amines) is 1. The maximum absolute atomic E-state index is 13.5. The van der Waals surface area contributed by atoms with Crippen LogP contribution in [0.15, 0.2) is 71.9 Å². The Morgan fingerprint density at radius 3 is 2.21 bits per heavy atom. The minimum absolute atomic E-state index is 0.209. The van der Waals surface area contributed by atoms with Crippen LogP contribution >= 0.6 is 23.2 Å². The van der Waals surface area contributed by atoms with E-state index < -0.39 is 5.60 Å². The zero-order valence-electron chi connectivity index (χ0n) is 25.1. The second-order valence-electron chi connectivity index (χ2n) is 10.8. The van der Waals surface area contributed by atoms with Crippen LogP contribution in [0.25, 0.3) is 0 Å². The van der Waals surface area contributed by atoms with E-state index in [0.29, 0.717) is 52.1 Å². The van der Waals surface area contributed by atoms with Gasteiger partial charge in [-0.2, -0.15) is 0 Å². The molecular formula is C33H39Cl2N3O5. The minimum atomic E-state index is -0.824. The molecule has 1 fully saturated rings. The molecule has 0 spiro atoms. The van der Waals surface area contributed by atoms with E-state index in [0.717, 1.165) is 30.8 Å². The zero-order valence-corrected chi connectivity index (χ0v) is 26.6. The Kier molecular flexibility index (Phi) is 11.3. The number of piperidine rings is 1. The molecule has 0 bridgehead atoms. The molecule has 230 valence electrons. The van der Waals surface area contributed by atoms with Gasteiger partial charge in [0.1, 0.15) is 18.6 Å². The van der Waals surface area contributed by atoms with Crippen molar-refractivity contribution in [3.8, 4) is 11.5 Å². The topological polar surface area (TPSA) is 83.8 Å². The van der Waals surface area contributed by atoms with Gasteiger partial charge in [0, 0.05) is 37.7 Å². The molecule has 1 heterocycles. The minimum Gasteiger partial charge on any atom is -0.497 e. The number of oxime groups is 1. The van der Waals surface area contributed by atoms with Crippen molar-refractivity contribution in [2.24, 2.45) is 5.16 Å². The predicted molar refractivity (Wildman–Crippen MR) is 171 cm³/mol. The van der Waals surface area contributed by atoms with Gasteiger partial charge in [-0.05, 0) is 61.2 Å². The molecule has 1 unspecified atom stereocenters. The lowest BCUT2D eigenvalue weighted by Crippen LogP contribution is -2.43. The molecule has 1 amide bonds. The lowest BCUT2D eigenvalue weighted by atomic mass is 9.84. The van der Waals surface area contributed by atoms with E-state index in [1.54, 1.807) is 50.4 Å². The number of carbonyl (C=O) groups is 1. The van der Waals surface area contributed by atoms with Crippen molar-refractivity contribution in [3.05, 3.63) is 93.5 Å². The third kappa shape index (κ3) is 8.21. The number of carbonyl (C=O) groups excluding carboxylic acids is 1. The van der Waals surface area contributed by atoms with Gasteiger partial charge in [-0.3, -0.25) is 4.79 Å². The summed E-state index contributed by atoms with van der Waals surface area (Å²) in [5, 5.41) is 16.6. The molecule has 8 nitrogen and oxygen atoms in total. The van der Waals surface area contributed by atoms with Crippen LogP contribution in [0.5, 0.6) is 11.5 Å². The van der Waals surface area contributed by atoms with Crippen LogP contribution in [0.3, 0.4) is 0 Å². The summed E-state index contributed by atoms with van der Waals surface area (Å²) in [5.74, 6) is 0.623. The smallest absolute Gasteiger partial charge is 0.254 e. The third-order valence-electron chi connectivity index (χ3n) is 8.03. The number of aliphatic hydroxyl groups is 1. The van der Waals surface area contributed by atoms with Gasteiger partial charge in [-0.1, -0.05) is 64.8 Å². The molecule has 43 heavy (non-hydrogen) atoms. The van der Waals surface area contributed by atoms with E-state index in [1.165, 1.54) is 7.11 Å². The van der Waals surface area contributed by atoms with Crippen molar-refractivity contribution in [1.82, 2.24) is 9.80 Å². The van der Waals surface area contributed by atoms with Crippen molar-refractivity contribution in [3.63, 3.8) is 0 Å². The number of ether oxygens (including phenoxy) is 2. The Morgan fingerprint density at radius 2 is 1.63 bits per heavy atom. The van der Waals surface area contributed by atoms with E-state index >= 15 is 0 Å². The first kappa shape index (κ1) is 32.6. The van der Waals surface area contributed by atoms with E-state index in [4.69, 9.17) is 37.5 Å². The van der Waals surface area contributed by atoms with Crippen LogP contribution in [0.1, 0.15) is 46.7 Å². The summed E-state index contributed by atoms with van der Waals surface area (Å²) in [5.41, 5.74) is 2.16. The standard InChI is InChI=1S/C33H39Cl2N3O5/c1-37(32(39)24-18-26(41-2)21-27(19-24)42-3)22-31(36-43-4)28(23-10-11-29(34)30(35)20-23)12-15-38-16-13-33(40,14-17-38)25-8-6-5-7-9-25/h5-11,18-21,28,40H,12-17,22H2,1-4H3/b36-31+. The first-order valence-corrected chi connectivity index (χ1v) is 15.0. The van der Waals surface area contributed by atoms with Gasteiger partial charge in [0.2, 0.25) is 0 Å². The summed E-state index contributed by atoms with van der Waals surface area (Å²) in [6.45, 7) is 2.48. The Bertz CT molecular complexity index is 1390. The van der Waals surface area contributed by atoms with Crippen molar-refractivity contribution in [2.75, 3.05) is 54.6 Å². The summed E-state index contributed by atoms with van der Waals surface area (Å²) in [4.78, 5) is 22.7. The third-order valence-corrected chi connectivity index (χ3v) is 8.77. The number of amides is 1. The molecule has 1 aliphatic heterocycles. The van der Waals surface area contributed by atoms with Gasteiger partial charge < -0.3 is 29.2 Å². The monoisotopic (exact) mass is 627 g/mol. The van der Waals surface area contributed by atoms with Gasteiger partial charge in [0.05, 0.1) is 42.1 Å². The molecule has 0 aliphatic carbocycles. The molecule has 1 atom stereocenters. The molecule has 0 radical (unpaired) electrons. The molecule has 1 aliphatic rings. The van der Waals surface area contributed by atoms with Crippen LogP contribution in [0, 0.1) is 0 Å². The lowest BCUT2D eigenvalue weighted by Gasteiger charge is -2.39. The maximum Gasteiger partial charge on any atom is 0.254 e.